The standard InChI is InChI=1S/C18H14Cl3NO2/c19-10-13-11-24-18(12-4-2-1-3-5-12)17(13,21)16(23)22(18)15-8-6-14(20)7-9-15/h1-9,13H,10-11H2/t13-,17-,18+/m0/s1. The zero-order valence-corrected chi connectivity index (χ0v) is 14.9. The summed E-state index contributed by atoms with van der Waals surface area (Å²) in [6.45, 7) is 0.331. The van der Waals surface area contributed by atoms with Crippen molar-refractivity contribution in [2.24, 2.45) is 5.92 Å². The van der Waals surface area contributed by atoms with Crippen molar-refractivity contribution >= 4 is 46.4 Å². The van der Waals surface area contributed by atoms with E-state index in [1.165, 1.54) is 0 Å². The van der Waals surface area contributed by atoms with Crippen LogP contribution in [0.25, 0.3) is 0 Å². The highest BCUT2D eigenvalue weighted by atomic mass is 35.5. The third-order valence-corrected chi connectivity index (χ3v) is 6.17. The van der Waals surface area contributed by atoms with Crippen molar-refractivity contribution in [3.63, 3.8) is 0 Å². The predicted octanol–water partition coefficient (Wildman–Crippen LogP) is 4.40. The van der Waals surface area contributed by atoms with Crippen molar-refractivity contribution in [3.05, 3.63) is 65.2 Å². The molecule has 0 spiro atoms. The van der Waals surface area contributed by atoms with E-state index in [2.05, 4.69) is 0 Å². The van der Waals surface area contributed by atoms with Crippen LogP contribution in [0.15, 0.2) is 54.6 Å². The van der Waals surface area contributed by atoms with Gasteiger partial charge >= 0.3 is 0 Å². The van der Waals surface area contributed by atoms with Gasteiger partial charge in [0.05, 0.1) is 6.61 Å². The first-order valence-corrected chi connectivity index (χ1v) is 8.89. The highest BCUT2D eigenvalue weighted by molar-refractivity contribution is 6.43. The first kappa shape index (κ1) is 16.2. The van der Waals surface area contributed by atoms with Gasteiger partial charge in [-0.3, -0.25) is 9.69 Å². The van der Waals surface area contributed by atoms with E-state index >= 15 is 0 Å². The van der Waals surface area contributed by atoms with Crippen LogP contribution in [0.3, 0.4) is 0 Å². The average Bonchev–Trinajstić information content (AvgIpc) is 2.88. The molecule has 6 heteroatoms. The number of hydrogen-bond donors (Lipinski definition) is 0. The summed E-state index contributed by atoms with van der Waals surface area (Å²) in [6, 6.07) is 16.6. The Morgan fingerprint density at radius 1 is 1.12 bits per heavy atom. The molecule has 0 bridgehead atoms. The first-order chi connectivity index (χ1) is 11.6. The lowest BCUT2D eigenvalue weighted by Gasteiger charge is -2.58. The highest BCUT2D eigenvalue weighted by Gasteiger charge is 2.79. The zero-order chi connectivity index (χ0) is 16.9. The van der Waals surface area contributed by atoms with Crippen molar-refractivity contribution in [1.29, 1.82) is 0 Å². The normalized spacial score (nSPS) is 31.7. The van der Waals surface area contributed by atoms with E-state index in [1.54, 1.807) is 29.2 Å². The summed E-state index contributed by atoms with van der Waals surface area (Å²) >= 11 is 18.9. The van der Waals surface area contributed by atoms with Crippen molar-refractivity contribution in [2.45, 2.75) is 10.6 Å². The Hall–Kier alpha value is -1.26. The third-order valence-electron chi connectivity index (χ3n) is 4.81. The van der Waals surface area contributed by atoms with Gasteiger partial charge in [-0.1, -0.05) is 41.9 Å². The van der Waals surface area contributed by atoms with Gasteiger partial charge in [0.15, 0.2) is 4.87 Å². The van der Waals surface area contributed by atoms with Crippen LogP contribution in [-0.4, -0.2) is 23.3 Å². The molecule has 0 N–H and O–H groups in total. The van der Waals surface area contributed by atoms with Gasteiger partial charge in [-0.25, -0.2) is 0 Å². The van der Waals surface area contributed by atoms with Crippen LogP contribution < -0.4 is 4.90 Å². The van der Waals surface area contributed by atoms with Gasteiger partial charge < -0.3 is 4.74 Å². The smallest absolute Gasteiger partial charge is 0.256 e. The number of anilines is 1. The van der Waals surface area contributed by atoms with Crippen LogP contribution in [0.2, 0.25) is 5.02 Å². The summed E-state index contributed by atoms with van der Waals surface area (Å²) in [5, 5.41) is 0.601. The number of nitrogens with zero attached hydrogens (tertiary/aromatic N) is 1. The number of alkyl halides is 2. The minimum absolute atomic E-state index is 0.196. The number of carbonyl (C=O) groups is 1. The summed E-state index contributed by atoms with van der Waals surface area (Å²) in [4.78, 5) is 13.4. The molecule has 2 aromatic rings. The molecule has 2 heterocycles. The van der Waals surface area contributed by atoms with Crippen molar-refractivity contribution in [1.82, 2.24) is 0 Å². The lowest BCUT2D eigenvalue weighted by atomic mass is 9.72. The minimum Gasteiger partial charge on any atom is -0.348 e. The van der Waals surface area contributed by atoms with Gasteiger partial charge in [0.1, 0.15) is 0 Å². The molecule has 0 unspecified atom stereocenters. The van der Waals surface area contributed by atoms with Gasteiger partial charge in [-0.2, -0.15) is 0 Å². The Balaban J connectivity index is 1.89. The van der Waals surface area contributed by atoms with Crippen LogP contribution in [0, 0.1) is 5.92 Å². The number of benzene rings is 2. The SMILES string of the molecule is O=C1N(c2ccc(Cl)cc2)[C@]2(c3ccccc3)OC[C@H](CCl)[C@]12Cl. The molecule has 2 aromatic carbocycles. The van der Waals surface area contributed by atoms with Crippen molar-refractivity contribution < 1.29 is 9.53 Å². The van der Waals surface area contributed by atoms with Gasteiger partial charge in [0.2, 0.25) is 5.72 Å². The van der Waals surface area contributed by atoms with E-state index in [0.29, 0.717) is 17.3 Å². The number of hydrogen-bond acceptors (Lipinski definition) is 2. The molecule has 2 aliphatic heterocycles. The maximum Gasteiger partial charge on any atom is 0.256 e. The Morgan fingerprint density at radius 2 is 1.79 bits per heavy atom. The fourth-order valence-corrected chi connectivity index (χ4v) is 4.64. The fourth-order valence-electron chi connectivity index (χ4n) is 3.64. The molecule has 3 atom stereocenters. The van der Waals surface area contributed by atoms with E-state index in [9.17, 15) is 4.79 Å². The Morgan fingerprint density at radius 3 is 2.42 bits per heavy atom. The molecule has 1 amide bonds. The summed E-state index contributed by atoms with van der Waals surface area (Å²) < 4.78 is 6.16. The lowest BCUT2D eigenvalue weighted by Crippen LogP contribution is -2.78. The number of amides is 1. The second-order valence-corrected chi connectivity index (χ2v) is 7.34. The van der Waals surface area contributed by atoms with Crippen LogP contribution >= 0.6 is 34.8 Å². The maximum absolute atomic E-state index is 13.0. The molecule has 2 saturated heterocycles. The Kier molecular flexibility index (Phi) is 3.81. The second kappa shape index (κ2) is 5.63. The summed E-state index contributed by atoms with van der Waals surface area (Å²) in [6.07, 6.45) is 0. The minimum atomic E-state index is -1.20. The Bertz CT molecular complexity index is 783. The largest absolute Gasteiger partial charge is 0.348 e. The molecule has 3 nitrogen and oxygen atoms in total. The van der Waals surface area contributed by atoms with E-state index in [4.69, 9.17) is 39.5 Å². The summed E-state index contributed by atoms with van der Waals surface area (Å²) in [5.41, 5.74) is 0.474. The number of carbonyl (C=O) groups excluding carboxylic acids is 1. The molecule has 24 heavy (non-hydrogen) atoms. The predicted molar refractivity (Wildman–Crippen MR) is 95.8 cm³/mol. The topological polar surface area (TPSA) is 29.5 Å². The molecular formula is C18H14Cl3NO2. The van der Waals surface area contributed by atoms with Crippen molar-refractivity contribution in [3.8, 4) is 0 Å². The van der Waals surface area contributed by atoms with Crippen molar-refractivity contribution in [2.75, 3.05) is 17.4 Å². The van der Waals surface area contributed by atoms with Gasteiger partial charge in [-0.05, 0) is 24.3 Å². The quantitative estimate of drug-likeness (QED) is 0.581. The Labute approximate surface area is 155 Å². The number of β-lactam (4-membered cyclic amide) rings is 1. The van der Waals surface area contributed by atoms with Gasteiger partial charge in [0.25, 0.3) is 5.91 Å². The van der Waals surface area contributed by atoms with Gasteiger partial charge in [0, 0.05) is 28.1 Å². The molecule has 124 valence electrons. The molecule has 4 rings (SSSR count). The molecule has 2 aliphatic rings. The highest BCUT2D eigenvalue weighted by Crippen LogP contribution is 2.63. The lowest BCUT2D eigenvalue weighted by molar-refractivity contribution is -0.148. The van der Waals surface area contributed by atoms with Crippen LogP contribution in [-0.2, 0) is 15.3 Å². The second-order valence-electron chi connectivity index (χ2n) is 6.00. The number of fused-ring (bicyclic) bond motifs is 1. The van der Waals surface area contributed by atoms with E-state index < -0.39 is 10.6 Å². The van der Waals surface area contributed by atoms with Gasteiger partial charge in [-0.15, -0.1) is 23.2 Å². The first-order valence-electron chi connectivity index (χ1n) is 7.60. The number of halogens is 3. The average molecular weight is 383 g/mol. The van der Waals surface area contributed by atoms with E-state index in [-0.39, 0.29) is 17.7 Å². The molecule has 0 aliphatic carbocycles. The molecule has 0 saturated carbocycles. The third kappa shape index (κ3) is 1.87. The number of rotatable bonds is 3. The zero-order valence-electron chi connectivity index (χ0n) is 12.6. The molecule has 2 fully saturated rings. The number of ether oxygens (including phenoxy) is 1. The van der Waals surface area contributed by atoms with Crippen LogP contribution in [0.5, 0.6) is 0 Å². The summed E-state index contributed by atoms with van der Waals surface area (Å²) in [7, 11) is 0. The molecule has 0 aromatic heterocycles. The van der Waals surface area contributed by atoms with Crippen LogP contribution in [0.4, 0.5) is 5.69 Å². The molecular weight excluding hydrogens is 369 g/mol. The summed E-state index contributed by atoms with van der Waals surface area (Å²) in [5.74, 6) is -0.186. The fraction of sp³-hybridized carbons (Fsp3) is 0.278. The van der Waals surface area contributed by atoms with E-state index in [1.807, 2.05) is 30.3 Å². The van der Waals surface area contributed by atoms with Crippen LogP contribution in [0.1, 0.15) is 5.56 Å². The van der Waals surface area contributed by atoms with E-state index in [0.717, 1.165) is 5.56 Å². The monoisotopic (exact) mass is 381 g/mol. The maximum atomic E-state index is 13.0. The molecule has 0 radical (unpaired) electrons.